The highest BCUT2D eigenvalue weighted by molar-refractivity contribution is 8.14. The van der Waals surface area contributed by atoms with E-state index in [4.69, 9.17) is 14.2 Å². The second-order valence-corrected chi connectivity index (χ2v) is 10.1. The molecule has 0 saturated carbocycles. The first-order valence-corrected chi connectivity index (χ1v) is 13.8. The molecule has 0 fully saturated rings. The largest absolute Gasteiger partial charge is 0.494 e. The van der Waals surface area contributed by atoms with Crippen LogP contribution in [-0.4, -0.2) is 30.3 Å². The van der Waals surface area contributed by atoms with E-state index in [-0.39, 0.29) is 11.1 Å². The van der Waals surface area contributed by atoms with Gasteiger partial charge in [-0.05, 0) is 108 Å². The molecule has 4 rings (SSSR count). The minimum absolute atomic E-state index is 0.0440. The van der Waals surface area contributed by atoms with Crippen LogP contribution < -0.4 is 9.47 Å². The lowest BCUT2D eigenvalue weighted by atomic mass is 10.0. The molecule has 0 spiro atoms. The number of unbranched alkanes of at least 4 members (excludes halogenated alkanes) is 3. The zero-order valence-electron chi connectivity index (χ0n) is 22.1. The number of esters is 2. The highest BCUT2D eigenvalue weighted by Crippen LogP contribution is 2.32. The van der Waals surface area contributed by atoms with Crippen molar-refractivity contribution < 1.29 is 28.6 Å². The maximum atomic E-state index is 12.9. The van der Waals surface area contributed by atoms with E-state index in [9.17, 15) is 14.4 Å². The Morgan fingerprint density at radius 3 is 2.00 bits per heavy atom. The molecule has 6 nitrogen and oxygen atoms in total. The van der Waals surface area contributed by atoms with Crippen LogP contribution in [0.4, 0.5) is 0 Å². The van der Waals surface area contributed by atoms with E-state index in [1.54, 1.807) is 18.2 Å². The molecule has 0 aliphatic heterocycles. The van der Waals surface area contributed by atoms with E-state index >= 15 is 0 Å². The van der Waals surface area contributed by atoms with Gasteiger partial charge in [-0.25, -0.2) is 9.59 Å². The normalized spacial score (nSPS) is 10.7. The topological polar surface area (TPSA) is 78.9 Å². The maximum Gasteiger partial charge on any atom is 0.335 e. The van der Waals surface area contributed by atoms with Crippen LogP contribution >= 0.6 is 11.8 Å². The number of hydrogen-bond acceptors (Lipinski definition) is 7. The van der Waals surface area contributed by atoms with Crippen LogP contribution in [0.15, 0.2) is 103 Å². The number of carbonyl (C=O) groups is 3. The summed E-state index contributed by atoms with van der Waals surface area (Å²) in [7, 11) is 0. The van der Waals surface area contributed by atoms with Crippen molar-refractivity contribution in [3.8, 4) is 11.5 Å². The first kappa shape index (κ1) is 28.6. The van der Waals surface area contributed by atoms with Crippen molar-refractivity contribution in [2.24, 2.45) is 0 Å². The van der Waals surface area contributed by atoms with E-state index in [0.717, 1.165) is 63.9 Å². The molecule has 204 valence electrons. The van der Waals surface area contributed by atoms with Crippen molar-refractivity contribution in [1.82, 2.24) is 0 Å². The minimum atomic E-state index is -0.498. The number of fused-ring (bicyclic) bond motifs is 3. The molecule has 0 unspecified atom stereocenters. The molecule has 40 heavy (non-hydrogen) atoms. The molecule has 0 heterocycles. The van der Waals surface area contributed by atoms with Crippen LogP contribution in [0.5, 0.6) is 11.5 Å². The molecule has 0 bridgehead atoms. The van der Waals surface area contributed by atoms with Gasteiger partial charge in [0.1, 0.15) is 11.5 Å². The van der Waals surface area contributed by atoms with Crippen molar-refractivity contribution in [3.05, 3.63) is 104 Å². The Hall–Kier alpha value is -4.36. The van der Waals surface area contributed by atoms with E-state index in [1.165, 1.54) is 17.8 Å². The summed E-state index contributed by atoms with van der Waals surface area (Å²) in [4.78, 5) is 36.3. The van der Waals surface area contributed by atoms with Crippen LogP contribution in [0.2, 0.25) is 0 Å². The lowest BCUT2D eigenvalue weighted by Gasteiger charge is -2.09. The smallest absolute Gasteiger partial charge is 0.335 e. The van der Waals surface area contributed by atoms with Crippen LogP contribution in [0.1, 0.15) is 36.0 Å². The number of benzene rings is 4. The summed E-state index contributed by atoms with van der Waals surface area (Å²) >= 11 is 1.19. The van der Waals surface area contributed by atoms with Crippen molar-refractivity contribution in [1.29, 1.82) is 0 Å². The van der Waals surface area contributed by atoms with Crippen molar-refractivity contribution in [3.63, 3.8) is 0 Å². The predicted molar refractivity (Wildman–Crippen MR) is 159 cm³/mol. The molecule has 0 aromatic heterocycles. The van der Waals surface area contributed by atoms with Crippen molar-refractivity contribution >= 4 is 50.4 Å². The SMILES string of the molecule is C=CC(=O)OCCCCCCOc1ccc(C(=O)Sc2ccc3c(ccc4cc(OC(=O)C=C)ccc43)c2)cc1. The first-order valence-electron chi connectivity index (χ1n) is 13.0. The molecule has 0 amide bonds. The molecule has 4 aromatic rings. The zero-order chi connectivity index (χ0) is 28.3. The summed E-state index contributed by atoms with van der Waals surface area (Å²) in [5, 5.41) is 4.00. The van der Waals surface area contributed by atoms with Gasteiger partial charge >= 0.3 is 11.9 Å². The van der Waals surface area contributed by atoms with Crippen LogP contribution in [0.3, 0.4) is 0 Å². The number of carbonyl (C=O) groups excluding carboxylic acids is 3. The molecule has 0 atom stereocenters. The quantitative estimate of drug-likeness (QED) is 0.0419. The highest BCUT2D eigenvalue weighted by atomic mass is 32.2. The number of ether oxygens (including phenoxy) is 3. The molecule has 0 saturated heterocycles. The Balaban J connectivity index is 1.28. The van der Waals surface area contributed by atoms with E-state index < -0.39 is 5.97 Å². The Labute approximate surface area is 237 Å². The van der Waals surface area contributed by atoms with Gasteiger partial charge in [-0.1, -0.05) is 37.4 Å². The van der Waals surface area contributed by atoms with Crippen molar-refractivity contribution in [2.75, 3.05) is 13.2 Å². The molecular formula is C33H30O6S. The van der Waals surface area contributed by atoms with Gasteiger partial charge in [0, 0.05) is 22.6 Å². The van der Waals surface area contributed by atoms with Gasteiger partial charge in [0.05, 0.1) is 13.2 Å². The molecule has 0 radical (unpaired) electrons. The van der Waals surface area contributed by atoms with Gasteiger partial charge in [-0.15, -0.1) is 0 Å². The van der Waals surface area contributed by atoms with Gasteiger partial charge in [-0.3, -0.25) is 4.79 Å². The average molecular weight is 555 g/mol. The van der Waals surface area contributed by atoms with E-state index in [0.29, 0.717) is 24.5 Å². The Bertz CT molecular complexity index is 1540. The summed E-state index contributed by atoms with van der Waals surface area (Å²) in [6.07, 6.45) is 5.95. The van der Waals surface area contributed by atoms with Gasteiger partial charge in [0.15, 0.2) is 0 Å². The van der Waals surface area contributed by atoms with Crippen LogP contribution in [0.25, 0.3) is 21.5 Å². The highest BCUT2D eigenvalue weighted by Gasteiger charge is 2.11. The monoisotopic (exact) mass is 554 g/mol. The maximum absolute atomic E-state index is 12.9. The van der Waals surface area contributed by atoms with Gasteiger partial charge < -0.3 is 14.2 Å². The van der Waals surface area contributed by atoms with E-state index in [1.807, 2.05) is 54.6 Å². The third kappa shape index (κ3) is 7.83. The van der Waals surface area contributed by atoms with E-state index in [2.05, 4.69) is 13.2 Å². The molecular weight excluding hydrogens is 524 g/mol. The molecule has 0 N–H and O–H groups in total. The lowest BCUT2D eigenvalue weighted by Crippen LogP contribution is -2.02. The Morgan fingerprint density at radius 1 is 0.675 bits per heavy atom. The molecule has 0 aliphatic carbocycles. The fourth-order valence-electron chi connectivity index (χ4n) is 4.14. The second-order valence-electron chi connectivity index (χ2n) is 9.00. The lowest BCUT2D eigenvalue weighted by molar-refractivity contribution is -0.137. The fraction of sp³-hybridized carbons (Fsp3) is 0.182. The first-order chi connectivity index (χ1) is 19.5. The average Bonchev–Trinajstić information content (AvgIpc) is 2.98. The summed E-state index contributed by atoms with van der Waals surface area (Å²) in [6, 6.07) is 22.6. The number of hydrogen-bond donors (Lipinski definition) is 0. The molecule has 7 heteroatoms. The predicted octanol–water partition coefficient (Wildman–Crippen LogP) is 7.69. The van der Waals surface area contributed by atoms with Crippen molar-refractivity contribution in [2.45, 2.75) is 30.6 Å². The van der Waals surface area contributed by atoms with Gasteiger partial charge in [-0.2, -0.15) is 0 Å². The Morgan fingerprint density at radius 2 is 1.30 bits per heavy atom. The third-order valence-electron chi connectivity index (χ3n) is 6.18. The third-order valence-corrected chi connectivity index (χ3v) is 7.09. The van der Waals surface area contributed by atoms with Gasteiger partial charge in [0.2, 0.25) is 5.12 Å². The van der Waals surface area contributed by atoms with Gasteiger partial charge in [0.25, 0.3) is 0 Å². The summed E-state index contributed by atoms with van der Waals surface area (Å²) in [6.45, 7) is 7.78. The van der Waals surface area contributed by atoms with Crippen LogP contribution in [0, 0.1) is 0 Å². The summed E-state index contributed by atoms with van der Waals surface area (Å²) < 4.78 is 16.0. The number of rotatable bonds is 13. The minimum Gasteiger partial charge on any atom is -0.494 e. The number of thioether (sulfide) groups is 1. The second kappa shape index (κ2) is 14.1. The Kier molecular flexibility index (Phi) is 10.1. The molecule has 0 aliphatic rings. The zero-order valence-corrected chi connectivity index (χ0v) is 22.9. The summed E-state index contributed by atoms with van der Waals surface area (Å²) in [5.41, 5.74) is 0.603. The fourth-order valence-corrected chi connectivity index (χ4v) is 4.93. The van der Waals surface area contributed by atoms with Crippen LogP contribution in [-0.2, 0) is 14.3 Å². The summed E-state index contributed by atoms with van der Waals surface area (Å²) in [5.74, 6) is 0.302. The standard InChI is InChI=1S/C33H30O6S/c1-3-31(34)38-20-8-6-5-7-19-37-26-13-11-23(12-14-26)33(36)40-28-16-18-30-25(22-28)10-9-24-21-27(15-17-29(24)30)39-32(35)4-2/h3-4,9-18,21-22H,1-2,5-8,19-20H2. The molecule has 4 aromatic carbocycles.